The van der Waals surface area contributed by atoms with Gasteiger partial charge in [-0.25, -0.2) is 0 Å². The SMILES string of the molecule is CCOC(=O)Cc1c(C#N)ccc(CC)c1C. The van der Waals surface area contributed by atoms with Gasteiger partial charge in [-0.15, -0.1) is 0 Å². The molecule has 0 aliphatic heterocycles. The highest BCUT2D eigenvalue weighted by atomic mass is 16.5. The molecule has 0 saturated carbocycles. The van der Waals surface area contributed by atoms with Crippen molar-refractivity contribution < 1.29 is 9.53 Å². The molecule has 1 rings (SSSR count). The van der Waals surface area contributed by atoms with Crippen molar-refractivity contribution in [2.45, 2.75) is 33.6 Å². The van der Waals surface area contributed by atoms with Crippen LogP contribution in [0.1, 0.15) is 36.1 Å². The van der Waals surface area contributed by atoms with Crippen molar-refractivity contribution in [3.05, 3.63) is 34.4 Å². The minimum atomic E-state index is -0.277. The van der Waals surface area contributed by atoms with Gasteiger partial charge in [-0.1, -0.05) is 13.0 Å². The third kappa shape index (κ3) is 3.07. The smallest absolute Gasteiger partial charge is 0.310 e. The number of nitriles is 1. The molecule has 0 heterocycles. The van der Waals surface area contributed by atoms with E-state index in [4.69, 9.17) is 10.00 Å². The first-order chi connectivity index (χ1) is 8.13. The predicted molar refractivity (Wildman–Crippen MR) is 65.6 cm³/mol. The zero-order chi connectivity index (χ0) is 12.8. The number of carbonyl (C=O) groups is 1. The highest BCUT2D eigenvalue weighted by Gasteiger charge is 2.13. The van der Waals surface area contributed by atoms with Crippen LogP contribution in [0.3, 0.4) is 0 Å². The van der Waals surface area contributed by atoms with E-state index in [1.54, 1.807) is 13.0 Å². The Labute approximate surface area is 102 Å². The normalized spacial score (nSPS) is 9.76. The quantitative estimate of drug-likeness (QED) is 0.748. The van der Waals surface area contributed by atoms with E-state index in [1.165, 1.54) is 5.56 Å². The van der Waals surface area contributed by atoms with Gasteiger partial charge < -0.3 is 4.74 Å². The van der Waals surface area contributed by atoms with Gasteiger partial charge in [0.05, 0.1) is 24.7 Å². The number of carbonyl (C=O) groups excluding carboxylic acids is 1. The van der Waals surface area contributed by atoms with Crippen LogP contribution in [0.25, 0.3) is 0 Å². The summed E-state index contributed by atoms with van der Waals surface area (Å²) in [4.78, 5) is 11.5. The molecule has 0 saturated heterocycles. The molecule has 0 atom stereocenters. The molecule has 3 nitrogen and oxygen atoms in total. The third-order valence-electron chi connectivity index (χ3n) is 2.84. The summed E-state index contributed by atoms with van der Waals surface area (Å²) in [5.41, 5.74) is 3.56. The fourth-order valence-corrected chi connectivity index (χ4v) is 1.88. The molecule has 0 radical (unpaired) electrons. The number of nitrogens with zero attached hydrogens (tertiary/aromatic N) is 1. The van der Waals surface area contributed by atoms with Gasteiger partial charge in [-0.2, -0.15) is 5.26 Å². The van der Waals surface area contributed by atoms with Crippen molar-refractivity contribution in [3.8, 4) is 6.07 Å². The van der Waals surface area contributed by atoms with Gasteiger partial charge in [-0.05, 0) is 43.0 Å². The number of rotatable bonds is 4. The zero-order valence-corrected chi connectivity index (χ0v) is 10.5. The first-order valence-corrected chi connectivity index (χ1v) is 5.81. The Kier molecular flexibility index (Phi) is 4.71. The Balaban J connectivity index is 3.11. The molecule has 0 spiro atoms. The average Bonchev–Trinajstić information content (AvgIpc) is 2.32. The molecule has 1 aromatic rings. The summed E-state index contributed by atoms with van der Waals surface area (Å²) in [5, 5.41) is 9.05. The Morgan fingerprint density at radius 2 is 2.12 bits per heavy atom. The maximum atomic E-state index is 11.5. The molecular weight excluding hydrogens is 214 g/mol. The maximum Gasteiger partial charge on any atom is 0.310 e. The maximum absolute atomic E-state index is 11.5. The van der Waals surface area contributed by atoms with E-state index in [-0.39, 0.29) is 12.4 Å². The van der Waals surface area contributed by atoms with Crippen molar-refractivity contribution in [3.63, 3.8) is 0 Å². The molecule has 0 aromatic heterocycles. The van der Waals surface area contributed by atoms with Gasteiger partial charge in [-0.3, -0.25) is 4.79 Å². The minimum Gasteiger partial charge on any atom is -0.466 e. The van der Waals surface area contributed by atoms with E-state index >= 15 is 0 Å². The van der Waals surface area contributed by atoms with Gasteiger partial charge in [0.2, 0.25) is 0 Å². The topological polar surface area (TPSA) is 50.1 Å². The summed E-state index contributed by atoms with van der Waals surface area (Å²) >= 11 is 0. The van der Waals surface area contributed by atoms with Gasteiger partial charge >= 0.3 is 5.97 Å². The van der Waals surface area contributed by atoms with Crippen LogP contribution in [-0.4, -0.2) is 12.6 Å². The third-order valence-corrected chi connectivity index (χ3v) is 2.84. The number of hydrogen-bond acceptors (Lipinski definition) is 3. The Bertz CT molecular complexity index is 458. The van der Waals surface area contributed by atoms with Gasteiger partial charge in [0.1, 0.15) is 0 Å². The van der Waals surface area contributed by atoms with Crippen molar-refractivity contribution >= 4 is 5.97 Å². The Hall–Kier alpha value is -1.82. The van der Waals surface area contributed by atoms with Crippen LogP contribution in [0.15, 0.2) is 12.1 Å². The summed E-state index contributed by atoms with van der Waals surface area (Å²) in [7, 11) is 0. The summed E-state index contributed by atoms with van der Waals surface area (Å²) in [5.74, 6) is -0.277. The minimum absolute atomic E-state index is 0.177. The molecule has 17 heavy (non-hydrogen) atoms. The van der Waals surface area contributed by atoms with Gasteiger partial charge in [0.25, 0.3) is 0 Å². The molecule has 0 unspecified atom stereocenters. The number of esters is 1. The van der Waals surface area contributed by atoms with Crippen molar-refractivity contribution in [1.82, 2.24) is 0 Å². The fraction of sp³-hybridized carbons (Fsp3) is 0.429. The van der Waals surface area contributed by atoms with Crippen LogP contribution >= 0.6 is 0 Å². The number of ether oxygens (including phenoxy) is 1. The summed E-state index contributed by atoms with van der Waals surface area (Å²) < 4.78 is 4.93. The molecule has 1 aromatic carbocycles. The van der Waals surface area contributed by atoms with Crippen LogP contribution < -0.4 is 0 Å². The van der Waals surface area contributed by atoms with Crippen molar-refractivity contribution in [2.24, 2.45) is 0 Å². The van der Waals surface area contributed by atoms with E-state index in [2.05, 4.69) is 13.0 Å². The lowest BCUT2D eigenvalue weighted by molar-refractivity contribution is -0.142. The fourth-order valence-electron chi connectivity index (χ4n) is 1.88. The average molecular weight is 231 g/mol. The molecule has 0 aliphatic rings. The molecular formula is C14H17NO2. The van der Waals surface area contributed by atoms with Gasteiger partial charge in [0.15, 0.2) is 0 Å². The first kappa shape index (κ1) is 13.2. The van der Waals surface area contributed by atoms with Crippen LogP contribution in [0.4, 0.5) is 0 Å². The molecule has 0 amide bonds. The molecule has 0 bridgehead atoms. The van der Waals surface area contributed by atoms with Crippen LogP contribution in [0.2, 0.25) is 0 Å². The second-order valence-corrected chi connectivity index (χ2v) is 3.82. The lowest BCUT2D eigenvalue weighted by Gasteiger charge is -2.11. The van der Waals surface area contributed by atoms with E-state index in [0.29, 0.717) is 12.2 Å². The standard InChI is InChI=1S/C14H17NO2/c1-4-11-6-7-12(9-15)13(10(11)3)8-14(16)17-5-2/h6-7H,4-5,8H2,1-3H3. The van der Waals surface area contributed by atoms with E-state index in [0.717, 1.165) is 17.5 Å². The highest BCUT2D eigenvalue weighted by molar-refractivity contribution is 5.74. The van der Waals surface area contributed by atoms with E-state index in [1.807, 2.05) is 13.0 Å². The Morgan fingerprint density at radius 1 is 1.41 bits per heavy atom. The van der Waals surface area contributed by atoms with Crippen molar-refractivity contribution in [1.29, 1.82) is 5.26 Å². The number of aryl methyl sites for hydroxylation is 1. The molecule has 90 valence electrons. The predicted octanol–water partition coefficient (Wildman–Crippen LogP) is 2.53. The van der Waals surface area contributed by atoms with Crippen LogP contribution in [0.5, 0.6) is 0 Å². The summed E-state index contributed by atoms with van der Waals surface area (Å²) in [6.07, 6.45) is 1.07. The monoisotopic (exact) mass is 231 g/mol. The molecule has 0 aliphatic carbocycles. The largest absolute Gasteiger partial charge is 0.466 e. The zero-order valence-electron chi connectivity index (χ0n) is 10.5. The van der Waals surface area contributed by atoms with Crippen molar-refractivity contribution in [2.75, 3.05) is 6.61 Å². The molecule has 3 heteroatoms. The van der Waals surface area contributed by atoms with Crippen LogP contribution in [0, 0.1) is 18.3 Å². The van der Waals surface area contributed by atoms with E-state index < -0.39 is 0 Å². The Morgan fingerprint density at radius 3 is 2.65 bits per heavy atom. The summed E-state index contributed by atoms with van der Waals surface area (Å²) in [6.45, 7) is 6.16. The van der Waals surface area contributed by atoms with Gasteiger partial charge in [0, 0.05) is 0 Å². The number of hydrogen-bond donors (Lipinski definition) is 0. The van der Waals surface area contributed by atoms with E-state index in [9.17, 15) is 4.79 Å². The lowest BCUT2D eigenvalue weighted by atomic mass is 9.94. The van der Waals surface area contributed by atoms with Crippen LogP contribution in [-0.2, 0) is 22.4 Å². The lowest BCUT2D eigenvalue weighted by Crippen LogP contribution is -2.11. The number of benzene rings is 1. The summed E-state index contributed by atoms with van der Waals surface area (Å²) in [6, 6.07) is 5.85. The highest BCUT2D eigenvalue weighted by Crippen LogP contribution is 2.19. The molecule has 0 N–H and O–H groups in total. The molecule has 0 fully saturated rings. The second-order valence-electron chi connectivity index (χ2n) is 3.82. The first-order valence-electron chi connectivity index (χ1n) is 5.81. The second kappa shape index (κ2) is 6.05.